The maximum atomic E-state index is 6.45. The molecule has 0 aliphatic rings. The molecule has 4 heteroatoms. The van der Waals surface area contributed by atoms with Gasteiger partial charge >= 0.3 is 0 Å². The lowest BCUT2D eigenvalue weighted by atomic mass is 9.99. The van der Waals surface area contributed by atoms with Crippen molar-refractivity contribution in [2.45, 2.75) is 32.4 Å². The van der Waals surface area contributed by atoms with E-state index in [0.29, 0.717) is 0 Å². The highest BCUT2D eigenvalue weighted by Crippen LogP contribution is 2.19. The molecule has 0 aliphatic heterocycles. The number of methoxy groups -OCH3 is 2. The molecule has 0 saturated carbocycles. The molecule has 2 atom stereocenters. The van der Waals surface area contributed by atoms with Gasteiger partial charge in [-0.05, 0) is 25.8 Å². The topological polar surface area (TPSA) is 47.7 Å². The van der Waals surface area contributed by atoms with Crippen LogP contribution in [0.3, 0.4) is 0 Å². The summed E-state index contributed by atoms with van der Waals surface area (Å²) in [5.74, 6) is 0. The lowest BCUT2D eigenvalue weighted by Crippen LogP contribution is -2.43. The van der Waals surface area contributed by atoms with Crippen LogP contribution in [0.4, 0.5) is 0 Å². The first-order valence-corrected chi connectivity index (χ1v) is 7.64. The van der Waals surface area contributed by atoms with Gasteiger partial charge in [0.05, 0.1) is 6.61 Å². The SMILES string of the molecule is COCCCN(CCOC)C(C)C(N)c1ccc(C)cc1. The number of hydrogen-bond donors (Lipinski definition) is 1. The zero-order valence-electron chi connectivity index (χ0n) is 13.8. The number of rotatable bonds is 10. The van der Waals surface area contributed by atoms with Crippen LogP contribution >= 0.6 is 0 Å². The van der Waals surface area contributed by atoms with E-state index in [2.05, 4.69) is 43.0 Å². The second-order valence-electron chi connectivity index (χ2n) is 5.55. The van der Waals surface area contributed by atoms with Crippen LogP contribution in [0, 0.1) is 6.92 Å². The van der Waals surface area contributed by atoms with E-state index in [9.17, 15) is 0 Å². The van der Waals surface area contributed by atoms with E-state index in [1.165, 1.54) is 11.1 Å². The molecule has 120 valence electrons. The van der Waals surface area contributed by atoms with E-state index in [1.807, 2.05) is 0 Å². The second-order valence-corrected chi connectivity index (χ2v) is 5.55. The van der Waals surface area contributed by atoms with Crippen molar-refractivity contribution in [3.05, 3.63) is 35.4 Å². The van der Waals surface area contributed by atoms with Crippen molar-refractivity contribution < 1.29 is 9.47 Å². The third-order valence-electron chi connectivity index (χ3n) is 3.93. The predicted octanol–water partition coefficient (Wildman–Crippen LogP) is 2.37. The standard InChI is InChI=1S/C17H30N2O2/c1-14-6-8-16(9-7-14)17(18)15(2)19(11-13-21-4)10-5-12-20-3/h6-9,15,17H,5,10-13,18H2,1-4H3. The summed E-state index contributed by atoms with van der Waals surface area (Å²) in [6.45, 7) is 7.63. The quantitative estimate of drug-likeness (QED) is 0.673. The van der Waals surface area contributed by atoms with Crippen molar-refractivity contribution in [2.75, 3.05) is 40.5 Å². The van der Waals surface area contributed by atoms with E-state index < -0.39 is 0 Å². The first kappa shape index (κ1) is 18.1. The van der Waals surface area contributed by atoms with Gasteiger partial charge in [-0.1, -0.05) is 29.8 Å². The lowest BCUT2D eigenvalue weighted by molar-refractivity contribution is 0.102. The Morgan fingerprint density at radius 2 is 1.67 bits per heavy atom. The molecule has 2 unspecified atom stereocenters. The maximum Gasteiger partial charge on any atom is 0.0589 e. The number of ether oxygens (including phenoxy) is 2. The minimum absolute atomic E-state index is 0.00463. The molecular formula is C17H30N2O2. The van der Waals surface area contributed by atoms with Gasteiger partial charge in [0.1, 0.15) is 0 Å². The molecule has 0 saturated heterocycles. The first-order valence-electron chi connectivity index (χ1n) is 7.64. The first-order chi connectivity index (χ1) is 10.1. The van der Waals surface area contributed by atoms with Crippen LogP contribution in [0.5, 0.6) is 0 Å². The number of nitrogens with zero attached hydrogens (tertiary/aromatic N) is 1. The highest BCUT2D eigenvalue weighted by atomic mass is 16.5. The van der Waals surface area contributed by atoms with Gasteiger partial charge < -0.3 is 15.2 Å². The molecule has 1 aromatic carbocycles. The maximum absolute atomic E-state index is 6.45. The molecule has 1 rings (SSSR count). The number of aryl methyl sites for hydroxylation is 1. The summed E-state index contributed by atoms with van der Waals surface area (Å²) in [5, 5.41) is 0. The molecule has 0 spiro atoms. The van der Waals surface area contributed by atoms with Gasteiger partial charge in [-0.3, -0.25) is 4.90 Å². The van der Waals surface area contributed by atoms with Crippen LogP contribution in [-0.2, 0) is 9.47 Å². The van der Waals surface area contributed by atoms with Crippen LogP contribution in [0.15, 0.2) is 24.3 Å². The van der Waals surface area contributed by atoms with Crippen molar-refractivity contribution in [2.24, 2.45) is 5.73 Å². The predicted molar refractivity (Wildman–Crippen MR) is 87.5 cm³/mol. The normalized spacial score (nSPS) is 14.4. The van der Waals surface area contributed by atoms with Gasteiger partial charge in [-0.2, -0.15) is 0 Å². The Balaban J connectivity index is 2.67. The second kappa shape index (κ2) is 9.90. The molecule has 0 radical (unpaired) electrons. The molecule has 2 N–H and O–H groups in total. The molecular weight excluding hydrogens is 264 g/mol. The third kappa shape index (κ3) is 6.14. The van der Waals surface area contributed by atoms with Crippen LogP contribution in [-0.4, -0.2) is 51.5 Å². The Labute approximate surface area is 129 Å². The monoisotopic (exact) mass is 294 g/mol. The summed E-state index contributed by atoms with van der Waals surface area (Å²) < 4.78 is 10.4. The highest BCUT2D eigenvalue weighted by molar-refractivity contribution is 5.24. The van der Waals surface area contributed by atoms with E-state index >= 15 is 0 Å². The van der Waals surface area contributed by atoms with Gasteiger partial charge in [-0.15, -0.1) is 0 Å². The molecule has 0 aromatic heterocycles. The summed E-state index contributed by atoms with van der Waals surface area (Å²) in [4.78, 5) is 2.38. The molecule has 21 heavy (non-hydrogen) atoms. The number of benzene rings is 1. The average Bonchev–Trinajstić information content (AvgIpc) is 2.50. The fraction of sp³-hybridized carbons (Fsp3) is 0.647. The Morgan fingerprint density at radius 3 is 2.24 bits per heavy atom. The van der Waals surface area contributed by atoms with Gasteiger partial charge in [0.2, 0.25) is 0 Å². The van der Waals surface area contributed by atoms with Crippen molar-refractivity contribution >= 4 is 0 Å². The van der Waals surface area contributed by atoms with Gasteiger partial charge in [0, 0.05) is 46.0 Å². The zero-order valence-corrected chi connectivity index (χ0v) is 13.8. The molecule has 0 amide bonds. The Hall–Kier alpha value is -0.940. The zero-order chi connectivity index (χ0) is 15.7. The van der Waals surface area contributed by atoms with E-state index in [1.54, 1.807) is 14.2 Å². The van der Waals surface area contributed by atoms with Gasteiger partial charge in [-0.25, -0.2) is 0 Å². The Bertz CT molecular complexity index is 381. The summed E-state index contributed by atoms with van der Waals surface area (Å²) in [5.41, 5.74) is 8.89. The smallest absolute Gasteiger partial charge is 0.0589 e. The van der Waals surface area contributed by atoms with Gasteiger partial charge in [0.15, 0.2) is 0 Å². The molecule has 1 aromatic rings. The van der Waals surface area contributed by atoms with E-state index in [0.717, 1.165) is 32.7 Å². The lowest BCUT2D eigenvalue weighted by Gasteiger charge is -2.33. The van der Waals surface area contributed by atoms with Gasteiger partial charge in [0.25, 0.3) is 0 Å². The van der Waals surface area contributed by atoms with Crippen LogP contribution in [0.1, 0.15) is 30.5 Å². The summed E-state index contributed by atoms with van der Waals surface area (Å²) in [7, 11) is 3.47. The van der Waals surface area contributed by atoms with Crippen LogP contribution in [0.2, 0.25) is 0 Å². The molecule has 0 aliphatic carbocycles. The minimum atomic E-state index is 0.00463. The third-order valence-corrected chi connectivity index (χ3v) is 3.93. The summed E-state index contributed by atoms with van der Waals surface area (Å²) in [6.07, 6.45) is 1.01. The fourth-order valence-electron chi connectivity index (χ4n) is 2.43. The molecule has 0 bridgehead atoms. The molecule has 0 fully saturated rings. The molecule has 0 heterocycles. The van der Waals surface area contributed by atoms with Crippen molar-refractivity contribution in [1.29, 1.82) is 0 Å². The average molecular weight is 294 g/mol. The van der Waals surface area contributed by atoms with E-state index in [-0.39, 0.29) is 12.1 Å². The number of nitrogens with two attached hydrogens (primary N) is 1. The fourth-order valence-corrected chi connectivity index (χ4v) is 2.43. The number of hydrogen-bond acceptors (Lipinski definition) is 4. The largest absolute Gasteiger partial charge is 0.385 e. The Morgan fingerprint density at radius 1 is 1.05 bits per heavy atom. The highest BCUT2D eigenvalue weighted by Gasteiger charge is 2.21. The van der Waals surface area contributed by atoms with Crippen molar-refractivity contribution in [1.82, 2.24) is 4.90 Å². The summed E-state index contributed by atoms with van der Waals surface area (Å²) >= 11 is 0. The van der Waals surface area contributed by atoms with Crippen LogP contribution < -0.4 is 5.73 Å². The van der Waals surface area contributed by atoms with Crippen molar-refractivity contribution in [3.63, 3.8) is 0 Å². The van der Waals surface area contributed by atoms with E-state index in [4.69, 9.17) is 15.2 Å². The summed E-state index contributed by atoms with van der Waals surface area (Å²) in [6, 6.07) is 8.75. The Kier molecular flexibility index (Phi) is 8.54. The van der Waals surface area contributed by atoms with Crippen LogP contribution in [0.25, 0.3) is 0 Å². The van der Waals surface area contributed by atoms with Crippen molar-refractivity contribution in [3.8, 4) is 0 Å². The molecule has 4 nitrogen and oxygen atoms in total. The minimum Gasteiger partial charge on any atom is -0.385 e.